The normalized spacial score (nSPS) is 10.0. The first-order valence-electron chi connectivity index (χ1n) is 4.73. The van der Waals surface area contributed by atoms with Crippen molar-refractivity contribution < 1.29 is 4.74 Å². The Balaban J connectivity index is 2.44. The molecule has 2 heterocycles. The average Bonchev–Trinajstić information content (AvgIpc) is 2.29. The summed E-state index contributed by atoms with van der Waals surface area (Å²) in [5, 5.41) is 0. The average molecular weight is 200 g/mol. The van der Waals surface area contributed by atoms with E-state index in [1.54, 1.807) is 13.3 Å². The van der Waals surface area contributed by atoms with Crippen LogP contribution in [0.2, 0.25) is 0 Å². The Labute approximate surface area is 88.8 Å². The number of nitrogens with zero attached hydrogens (tertiary/aromatic N) is 2. The summed E-state index contributed by atoms with van der Waals surface area (Å²) in [6.45, 7) is 2.03. The van der Waals surface area contributed by atoms with E-state index in [9.17, 15) is 0 Å². The zero-order chi connectivity index (χ0) is 10.7. The number of rotatable bonds is 2. The van der Waals surface area contributed by atoms with Crippen LogP contribution in [-0.4, -0.2) is 17.1 Å². The maximum atomic E-state index is 5.07. The number of methoxy groups -OCH3 is 1. The molecule has 0 fully saturated rings. The second-order valence-corrected chi connectivity index (χ2v) is 3.28. The molecule has 76 valence electrons. The van der Waals surface area contributed by atoms with Crippen molar-refractivity contribution in [2.24, 2.45) is 0 Å². The number of pyridine rings is 2. The van der Waals surface area contributed by atoms with Crippen molar-refractivity contribution in [3.63, 3.8) is 0 Å². The number of hydrogen-bond donors (Lipinski definition) is 0. The van der Waals surface area contributed by atoms with Crippen LogP contribution in [0.1, 0.15) is 5.56 Å². The Morgan fingerprint density at radius 1 is 1.13 bits per heavy atom. The molecule has 0 bridgehead atoms. The fourth-order valence-corrected chi connectivity index (χ4v) is 1.35. The topological polar surface area (TPSA) is 35.0 Å². The van der Waals surface area contributed by atoms with Crippen LogP contribution in [0.5, 0.6) is 5.88 Å². The first-order chi connectivity index (χ1) is 7.29. The number of aryl methyl sites for hydroxylation is 1. The van der Waals surface area contributed by atoms with Gasteiger partial charge in [-0.15, -0.1) is 0 Å². The van der Waals surface area contributed by atoms with Gasteiger partial charge in [-0.05, 0) is 30.7 Å². The minimum Gasteiger partial charge on any atom is -0.481 e. The largest absolute Gasteiger partial charge is 0.481 e. The van der Waals surface area contributed by atoms with Crippen LogP contribution in [0.3, 0.4) is 0 Å². The molecule has 0 aromatic carbocycles. The zero-order valence-corrected chi connectivity index (χ0v) is 8.77. The quantitative estimate of drug-likeness (QED) is 0.747. The molecule has 0 spiro atoms. The highest BCUT2D eigenvalue weighted by Crippen LogP contribution is 2.17. The Hall–Kier alpha value is -1.90. The maximum Gasteiger partial charge on any atom is 0.213 e. The van der Waals surface area contributed by atoms with Gasteiger partial charge in [0.2, 0.25) is 5.88 Å². The molecule has 0 unspecified atom stereocenters. The Kier molecular flexibility index (Phi) is 2.63. The maximum absolute atomic E-state index is 5.07. The lowest BCUT2D eigenvalue weighted by molar-refractivity contribution is 0.398. The van der Waals surface area contributed by atoms with Gasteiger partial charge in [-0.1, -0.05) is 6.07 Å². The number of aromatic nitrogens is 2. The first kappa shape index (κ1) is 9.65. The van der Waals surface area contributed by atoms with E-state index in [0.29, 0.717) is 5.88 Å². The Morgan fingerprint density at radius 3 is 2.73 bits per heavy atom. The third kappa shape index (κ3) is 2.13. The molecule has 0 aliphatic carbocycles. The molecule has 0 saturated carbocycles. The molecule has 2 aromatic rings. The van der Waals surface area contributed by atoms with Crippen LogP contribution in [-0.2, 0) is 0 Å². The van der Waals surface area contributed by atoms with Crippen LogP contribution in [0.4, 0.5) is 0 Å². The lowest BCUT2D eigenvalue weighted by atomic mass is 10.2. The molecular weight excluding hydrogens is 188 g/mol. The van der Waals surface area contributed by atoms with Crippen LogP contribution in [0.25, 0.3) is 11.4 Å². The van der Waals surface area contributed by atoms with Gasteiger partial charge >= 0.3 is 0 Å². The molecule has 0 aliphatic heterocycles. The molecule has 0 radical (unpaired) electrons. The first-order valence-corrected chi connectivity index (χ1v) is 4.73. The molecule has 0 atom stereocenters. The van der Waals surface area contributed by atoms with E-state index < -0.39 is 0 Å². The Morgan fingerprint density at radius 2 is 2.00 bits per heavy atom. The molecule has 3 nitrogen and oxygen atoms in total. The molecular formula is C12H12N2O. The van der Waals surface area contributed by atoms with Gasteiger partial charge in [0, 0.05) is 12.3 Å². The SMILES string of the molecule is COc1cccc(-c2cc(C)ccn2)n1. The zero-order valence-electron chi connectivity index (χ0n) is 8.77. The summed E-state index contributed by atoms with van der Waals surface area (Å²) in [4.78, 5) is 8.59. The number of ether oxygens (including phenoxy) is 1. The van der Waals surface area contributed by atoms with Crippen LogP contribution in [0, 0.1) is 6.92 Å². The van der Waals surface area contributed by atoms with Crippen molar-refractivity contribution in [2.75, 3.05) is 7.11 Å². The van der Waals surface area contributed by atoms with E-state index in [1.165, 1.54) is 5.56 Å². The van der Waals surface area contributed by atoms with E-state index in [-0.39, 0.29) is 0 Å². The summed E-state index contributed by atoms with van der Waals surface area (Å²) in [6.07, 6.45) is 1.78. The molecule has 15 heavy (non-hydrogen) atoms. The predicted octanol–water partition coefficient (Wildman–Crippen LogP) is 2.46. The minimum atomic E-state index is 0.607. The van der Waals surface area contributed by atoms with E-state index in [0.717, 1.165) is 11.4 Å². The molecule has 3 heteroatoms. The summed E-state index contributed by atoms with van der Waals surface area (Å²) in [7, 11) is 1.61. The summed E-state index contributed by atoms with van der Waals surface area (Å²) < 4.78 is 5.07. The summed E-state index contributed by atoms with van der Waals surface area (Å²) in [5.74, 6) is 0.607. The molecule has 0 N–H and O–H groups in total. The van der Waals surface area contributed by atoms with E-state index in [1.807, 2.05) is 37.3 Å². The van der Waals surface area contributed by atoms with Crippen molar-refractivity contribution in [1.82, 2.24) is 9.97 Å². The highest BCUT2D eigenvalue weighted by Gasteiger charge is 2.02. The summed E-state index contributed by atoms with van der Waals surface area (Å²) >= 11 is 0. The van der Waals surface area contributed by atoms with Crippen molar-refractivity contribution in [1.29, 1.82) is 0 Å². The fourth-order valence-electron chi connectivity index (χ4n) is 1.35. The summed E-state index contributed by atoms with van der Waals surface area (Å²) in [6, 6.07) is 9.61. The van der Waals surface area contributed by atoms with E-state index in [4.69, 9.17) is 4.74 Å². The lowest BCUT2D eigenvalue weighted by Gasteiger charge is -2.03. The predicted molar refractivity (Wildman–Crippen MR) is 58.8 cm³/mol. The van der Waals surface area contributed by atoms with Crippen LogP contribution >= 0.6 is 0 Å². The molecule has 0 amide bonds. The molecule has 0 saturated heterocycles. The lowest BCUT2D eigenvalue weighted by Crippen LogP contribution is -1.91. The molecule has 0 aliphatic rings. The molecule has 2 rings (SSSR count). The van der Waals surface area contributed by atoms with Crippen molar-refractivity contribution in [3.05, 3.63) is 42.1 Å². The van der Waals surface area contributed by atoms with Gasteiger partial charge in [0.15, 0.2) is 0 Å². The van der Waals surface area contributed by atoms with Gasteiger partial charge in [0.25, 0.3) is 0 Å². The monoisotopic (exact) mass is 200 g/mol. The molecule has 2 aromatic heterocycles. The third-order valence-corrected chi connectivity index (χ3v) is 2.11. The van der Waals surface area contributed by atoms with Gasteiger partial charge in [0.1, 0.15) is 0 Å². The van der Waals surface area contributed by atoms with Crippen molar-refractivity contribution in [3.8, 4) is 17.3 Å². The van der Waals surface area contributed by atoms with Gasteiger partial charge in [-0.25, -0.2) is 4.98 Å². The second kappa shape index (κ2) is 4.09. The van der Waals surface area contributed by atoms with Crippen molar-refractivity contribution >= 4 is 0 Å². The fraction of sp³-hybridized carbons (Fsp3) is 0.167. The Bertz CT molecular complexity index is 469. The van der Waals surface area contributed by atoms with Gasteiger partial charge in [-0.2, -0.15) is 0 Å². The van der Waals surface area contributed by atoms with Gasteiger partial charge < -0.3 is 4.74 Å². The number of hydrogen-bond acceptors (Lipinski definition) is 3. The highest BCUT2D eigenvalue weighted by atomic mass is 16.5. The van der Waals surface area contributed by atoms with Crippen molar-refractivity contribution in [2.45, 2.75) is 6.92 Å². The second-order valence-electron chi connectivity index (χ2n) is 3.28. The minimum absolute atomic E-state index is 0.607. The third-order valence-electron chi connectivity index (χ3n) is 2.11. The van der Waals surface area contributed by atoms with Gasteiger partial charge in [0.05, 0.1) is 18.5 Å². The summed E-state index contributed by atoms with van der Waals surface area (Å²) in [5.41, 5.74) is 2.87. The van der Waals surface area contributed by atoms with E-state index >= 15 is 0 Å². The highest BCUT2D eigenvalue weighted by molar-refractivity contribution is 5.55. The van der Waals surface area contributed by atoms with Crippen LogP contribution in [0.15, 0.2) is 36.5 Å². The van der Waals surface area contributed by atoms with E-state index in [2.05, 4.69) is 9.97 Å². The smallest absolute Gasteiger partial charge is 0.213 e. The van der Waals surface area contributed by atoms with Crippen LogP contribution < -0.4 is 4.74 Å². The van der Waals surface area contributed by atoms with Gasteiger partial charge in [-0.3, -0.25) is 4.98 Å². The standard InChI is InChI=1S/C12H12N2O/c1-9-6-7-13-11(8-9)10-4-3-5-12(14-10)15-2/h3-8H,1-2H3.